The molecule has 0 nitrogen and oxygen atoms in total. The van der Waals surface area contributed by atoms with Crippen molar-refractivity contribution in [1.82, 2.24) is 0 Å². The summed E-state index contributed by atoms with van der Waals surface area (Å²) in [7, 11) is 0. The Balaban J connectivity index is 1.09. The molecule has 12 aromatic rings. The zero-order chi connectivity index (χ0) is 38.8. The van der Waals surface area contributed by atoms with Crippen molar-refractivity contribution in [2.24, 2.45) is 0 Å². The van der Waals surface area contributed by atoms with Crippen LogP contribution >= 0.6 is 0 Å². The van der Waals surface area contributed by atoms with Crippen LogP contribution in [0.2, 0.25) is 0 Å². The molecule has 3 aliphatic carbocycles. The van der Waals surface area contributed by atoms with Gasteiger partial charge in [-0.15, -0.1) is 0 Å². The molecule has 0 saturated carbocycles. The summed E-state index contributed by atoms with van der Waals surface area (Å²) in [6, 6.07) is 73.9. The lowest BCUT2D eigenvalue weighted by Crippen LogP contribution is -1.94. The molecule has 0 atom stereocenters. The lowest BCUT2D eigenvalue weighted by Gasteiger charge is -2.21. The van der Waals surface area contributed by atoms with E-state index in [4.69, 9.17) is 0 Å². The van der Waals surface area contributed by atoms with E-state index in [1.807, 2.05) is 0 Å². The Morgan fingerprint density at radius 3 is 1.25 bits per heavy atom. The number of fused-ring (bicyclic) bond motifs is 14. The normalized spacial score (nSPS) is 12.7. The molecule has 0 heteroatoms. The third-order valence-corrected chi connectivity index (χ3v) is 14.2. The van der Waals surface area contributed by atoms with Crippen LogP contribution in [-0.2, 0) is 0 Å². The molecule has 0 bridgehead atoms. The van der Waals surface area contributed by atoms with Crippen molar-refractivity contribution in [3.05, 3.63) is 194 Å². The first kappa shape index (κ1) is 31.2. The zero-order valence-electron chi connectivity index (χ0n) is 32.5. The van der Waals surface area contributed by atoms with E-state index in [0.29, 0.717) is 0 Å². The Morgan fingerprint density at radius 1 is 0.183 bits per heavy atom. The maximum absolute atomic E-state index is 2.53. The number of hydrogen-bond acceptors (Lipinski definition) is 0. The van der Waals surface area contributed by atoms with Crippen molar-refractivity contribution in [2.45, 2.75) is 0 Å². The summed E-state index contributed by atoms with van der Waals surface area (Å²) in [4.78, 5) is 0. The smallest absolute Gasteiger partial charge is 0.000719 e. The molecule has 0 spiro atoms. The van der Waals surface area contributed by atoms with Crippen molar-refractivity contribution in [1.29, 1.82) is 0 Å². The van der Waals surface area contributed by atoms with Crippen molar-refractivity contribution >= 4 is 64.6 Å². The van der Waals surface area contributed by atoms with E-state index in [1.54, 1.807) is 0 Å². The van der Waals surface area contributed by atoms with Crippen LogP contribution in [0.5, 0.6) is 0 Å². The Labute approximate surface area is 346 Å². The fourth-order valence-electron chi connectivity index (χ4n) is 11.8. The van der Waals surface area contributed by atoms with Crippen LogP contribution in [0.25, 0.3) is 154 Å². The third-order valence-electron chi connectivity index (χ3n) is 14.2. The van der Waals surface area contributed by atoms with E-state index in [1.165, 1.54) is 154 Å². The molecule has 3 aliphatic rings. The average molecular weight is 753 g/mol. The highest BCUT2D eigenvalue weighted by molar-refractivity contribution is 6.33. The predicted molar refractivity (Wildman–Crippen MR) is 256 cm³/mol. The van der Waals surface area contributed by atoms with Crippen LogP contribution in [0.15, 0.2) is 194 Å². The quantitative estimate of drug-likeness (QED) is 0.154. The fourth-order valence-corrected chi connectivity index (χ4v) is 11.8. The predicted octanol–water partition coefficient (Wildman–Crippen LogP) is 16.9. The van der Waals surface area contributed by atoms with Gasteiger partial charge in [-0.3, -0.25) is 0 Å². The van der Waals surface area contributed by atoms with Gasteiger partial charge >= 0.3 is 0 Å². The monoisotopic (exact) mass is 752 g/mol. The first-order chi connectivity index (χ1) is 29.8. The average Bonchev–Trinajstić information content (AvgIpc) is 3.93. The van der Waals surface area contributed by atoms with Gasteiger partial charge in [0.1, 0.15) is 0 Å². The summed E-state index contributed by atoms with van der Waals surface area (Å²) >= 11 is 0. The molecule has 0 amide bonds. The molecule has 0 fully saturated rings. The van der Waals surface area contributed by atoms with E-state index < -0.39 is 0 Å². The molecule has 0 radical (unpaired) electrons. The topological polar surface area (TPSA) is 0 Å². The number of rotatable bonds is 2. The Hall–Kier alpha value is -7.80. The second-order valence-corrected chi connectivity index (χ2v) is 17.0. The first-order valence-electron chi connectivity index (χ1n) is 21.1. The molecule has 272 valence electrons. The second-order valence-electron chi connectivity index (χ2n) is 17.0. The van der Waals surface area contributed by atoms with Gasteiger partial charge in [0.25, 0.3) is 0 Å². The van der Waals surface area contributed by atoms with Crippen molar-refractivity contribution < 1.29 is 0 Å². The highest BCUT2D eigenvalue weighted by atomic mass is 14.4. The molecular weight excluding hydrogens is 721 g/mol. The van der Waals surface area contributed by atoms with E-state index in [9.17, 15) is 0 Å². The van der Waals surface area contributed by atoms with E-state index in [0.717, 1.165) is 0 Å². The second kappa shape index (κ2) is 11.0. The minimum atomic E-state index is 1.26. The maximum Gasteiger partial charge on any atom is -0.000719 e. The standard InChI is InChI=1S/C60H32/c1-2-15-38-33(10-1)24-27-41-44-22-9-23-49-58(44)53(32-52(38)41)60-57(37-26-29-40-43-19-6-12-35-14-8-21-48(55(35)43)51(40)31-37)46-17-4-3-16-45(46)56(59(49)60)36-25-28-39-42-18-5-11-34-13-7-20-47(54(34)42)50(39)30-36/h1-32H. The lowest BCUT2D eigenvalue weighted by molar-refractivity contribution is 1.62. The van der Waals surface area contributed by atoms with E-state index in [2.05, 4.69) is 194 Å². The van der Waals surface area contributed by atoms with Crippen LogP contribution in [-0.4, -0.2) is 0 Å². The van der Waals surface area contributed by atoms with E-state index >= 15 is 0 Å². The summed E-state index contributed by atoms with van der Waals surface area (Å²) in [5, 5.41) is 15.7. The fraction of sp³-hybridized carbons (Fsp3) is 0. The molecule has 12 aromatic carbocycles. The molecule has 0 aliphatic heterocycles. The van der Waals surface area contributed by atoms with Crippen molar-refractivity contribution in [3.8, 4) is 89.0 Å². The van der Waals surface area contributed by atoms with Gasteiger partial charge in [0.2, 0.25) is 0 Å². The summed E-state index contributed by atoms with van der Waals surface area (Å²) in [6.45, 7) is 0. The molecule has 60 heavy (non-hydrogen) atoms. The van der Waals surface area contributed by atoms with Crippen LogP contribution in [0, 0.1) is 0 Å². The molecule has 0 heterocycles. The third kappa shape index (κ3) is 3.78. The molecule has 0 saturated heterocycles. The number of hydrogen-bond donors (Lipinski definition) is 0. The summed E-state index contributed by atoms with van der Waals surface area (Å²) < 4.78 is 0. The van der Waals surface area contributed by atoms with Crippen LogP contribution in [0.1, 0.15) is 0 Å². The Bertz CT molecular complexity index is 3980. The highest BCUT2D eigenvalue weighted by Crippen LogP contribution is 2.60. The Morgan fingerprint density at radius 2 is 0.650 bits per heavy atom. The summed E-state index contributed by atoms with van der Waals surface area (Å²) in [5.74, 6) is 0. The Kier molecular flexibility index (Phi) is 5.74. The van der Waals surface area contributed by atoms with Gasteiger partial charge in [0.05, 0.1) is 0 Å². The van der Waals surface area contributed by atoms with Gasteiger partial charge < -0.3 is 0 Å². The van der Waals surface area contributed by atoms with Crippen molar-refractivity contribution in [3.63, 3.8) is 0 Å². The van der Waals surface area contributed by atoms with Crippen LogP contribution < -0.4 is 0 Å². The number of benzene rings is 12. The lowest BCUT2D eigenvalue weighted by atomic mass is 9.81. The molecule has 0 aromatic heterocycles. The van der Waals surface area contributed by atoms with Crippen LogP contribution in [0.4, 0.5) is 0 Å². The summed E-state index contributed by atoms with van der Waals surface area (Å²) in [6.07, 6.45) is 0. The SMILES string of the molecule is c1cc2c3c(cccc3c1)-c1cc(-c3c4c(c(-c5ccc6c(c5)-c5cccc7cccc-6c57)c5ccccc35)-c3cc5c6ccccc6ccc5c5cccc-4c35)ccc1-2. The van der Waals surface area contributed by atoms with Gasteiger partial charge in [0, 0.05) is 0 Å². The minimum Gasteiger partial charge on any atom is -0.0616 e. The highest BCUT2D eigenvalue weighted by Gasteiger charge is 2.33. The van der Waals surface area contributed by atoms with Gasteiger partial charge in [-0.1, -0.05) is 176 Å². The van der Waals surface area contributed by atoms with Gasteiger partial charge in [0.15, 0.2) is 0 Å². The van der Waals surface area contributed by atoms with Gasteiger partial charge in [-0.2, -0.15) is 0 Å². The maximum atomic E-state index is 2.53. The molecule has 0 N–H and O–H groups in total. The zero-order valence-corrected chi connectivity index (χ0v) is 32.5. The largest absolute Gasteiger partial charge is 0.0616 e. The van der Waals surface area contributed by atoms with E-state index in [-0.39, 0.29) is 0 Å². The van der Waals surface area contributed by atoms with Crippen molar-refractivity contribution in [2.75, 3.05) is 0 Å². The van der Waals surface area contributed by atoms with Gasteiger partial charge in [-0.25, -0.2) is 0 Å². The summed E-state index contributed by atoms with van der Waals surface area (Å²) in [5.41, 5.74) is 21.1. The molecule has 0 unspecified atom stereocenters. The van der Waals surface area contributed by atoms with Gasteiger partial charge in [-0.05, 0) is 172 Å². The minimum absolute atomic E-state index is 1.26. The molecular formula is C60H32. The molecule has 15 rings (SSSR count). The first-order valence-corrected chi connectivity index (χ1v) is 21.1. The van der Waals surface area contributed by atoms with Crippen LogP contribution in [0.3, 0.4) is 0 Å².